The molecule has 6 heteroatoms. The number of benzene rings is 1. The zero-order valence-corrected chi connectivity index (χ0v) is 16.7. The summed E-state index contributed by atoms with van der Waals surface area (Å²) in [5, 5.41) is 6.87. The van der Waals surface area contributed by atoms with E-state index in [9.17, 15) is 9.59 Å². The largest absolute Gasteiger partial charge is 0.353 e. The van der Waals surface area contributed by atoms with E-state index in [2.05, 4.69) is 24.5 Å². The van der Waals surface area contributed by atoms with E-state index in [0.29, 0.717) is 24.7 Å². The Labute approximate surface area is 165 Å². The van der Waals surface area contributed by atoms with Gasteiger partial charge in [-0.15, -0.1) is 0 Å². The van der Waals surface area contributed by atoms with Crippen molar-refractivity contribution in [2.75, 3.05) is 13.1 Å². The van der Waals surface area contributed by atoms with E-state index in [1.807, 2.05) is 71.0 Å². The quantitative estimate of drug-likeness (QED) is 0.590. The standard InChI is InChI=1S/C22H28N4O2/c1-16(2)14-20(26-12-6-7-13-26)22(28)24-11-10-23-21(27)19-15-17-8-4-5-9-18(17)25(19)3/h4-9,12-13,15-16,20H,10-11,14H2,1-3H3,(H,23,27)(H,24,28). The van der Waals surface area contributed by atoms with Crippen molar-refractivity contribution < 1.29 is 9.59 Å². The van der Waals surface area contributed by atoms with Crippen molar-refractivity contribution in [2.45, 2.75) is 26.3 Å². The molecule has 2 amide bonds. The summed E-state index contributed by atoms with van der Waals surface area (Å²) in [7, 11) is 1.88. The highest BCUT2D eigenvalue weighted by Crippen LogP contribution is 2.19. The molecular formula is C22H28N4O2. The normalized spacial score (nSPS) is 12.3. The van der Waals surface area contributed by atoms with Gasteiger partial charge in [0, 0.05) is 43.4 Å². The fourth-order valence-corrected chi connectivity index (χ4v) is 3.44. The predicted octanol–water partition coefficient (Wildman–Crippen LogP) is 3.11. The van der Waals surface area contributed by atoms with Crippen molar-refractivity contribution in [2.24, 2.45) is 13.0 Å². The third kappa shape index (κ3) is 4.44. The van der Waals surface area contributed by atoms with Gasteiger partial charge in [-0.25, -0.2) is 0 Å². The summed E-state index contributed by atoms with van der Waals surface area (Å²) < 4.78 is 3.82. The topological polar surface area (TPSA) is 68.1 Å². The van der Waals surface area contributed by atoms with Crippen molar-refractivity contribution in [3.05, 3.63) is 60.6 Å². The van der Waals surface area contributed by atoms with E-state index in [4.69, 9.17) is 0 Å². The van der Waals surface area contributed by atoms with Crippen LogP contribution in [0.3, 0.4) is 0 Å². The van der Waals surface area contributed by atoms with Crippen LogP contribution >= 0.6 is 0 Å². The molecule has 0 aliphatic heterocycles. The molecule has 2 aromatic heterocycles. The van der Waals surface area contributed by atoms with Crippen molar-refractivity contribution >= 4 is 22.7 Å². The number of amides is 2. The molecule has 6 nitrogen and oxygen atoms in total. The van der Waals surface area contributed by atoms with E-state index < -0.39 is 0 Å². The Morgan fingerprint density at radius 3 is 2.36 bits per heavy atom. The van der Waals surface area contributed by atoms with Gasteiger partial charge in [0.1, 0.15) is 11.7 Å². The van der Waals surface area contributed by atoms with Crippen molar-refractivity contribution in [3.63, 3.8) is 0 Å². The Morgan fingerprint density at radius 2 is 1.68 bits per heavy atom. The van der Waals surface area contributed by atoms with E-state index in [1.54, 1.807) is 0 Å². The molecule has 2 heterocycles. The van der Waals surface area contributed by atoms with Crippen LogP contribution in [-0.4, -0.2) is 34.0 Å². The molecule has 3 aromatic rings. The maximum atomic E-state index is 12.6. The minimum atomic E-state index is -0.233. The lowest BCUT2D eigenvalue weighted by Gasteiger charge is -2.20. The van der Waals surface area contributed by atoms with Crippen molar-refractivity contribution in [1.82, 2.24) is 19.8 Å². The van der Waals surface area contributed by atoms with Gasteiger partial charge in [-0.05, 0) is 36.6 Å². The zero-order chi connectivity index (χ0) is 20.1. The highest BCUT2D eigenvalue weighted by Gasteiger charge is 2.20. The first-order chi connectivity index (χ1) is 13.5. The number of para-hydroxylation sites is 1. The molecule has 0 aliphatic rings. The maximum Gasteiger partial charge on any atom is 0.267 e. The van der Waals surface area contributed by atoms with Gasteiger partial charge in [0.05, 0.1) is 0 Å². The number of hydrogen-bond donors (Lipinski definition) is 2. The summed E-state index contributed by atoms with van der Waals surface area (Å²) in [4.78, 5) is 25.1. The molecule has 0 radical (unpaired) electrons. The average molecular weight is 380 g/mol. The summed E-state index contributed by atoms with van der Waals surface area (Å²) in [5.41, 5.74) is 1.63. The molecule has 2 N–H and O–H groups in total. The fourth-order valence-electron chi connectivity index (χ4n) is 3.44. The molecule has 3 rings (SSSR count). The number of nitrogens with zero attached hydrogens (tertiary/aromatic N) is 2. The van der Waals surface area contributed by atoms with E-state index in [0.717, 1.165) is 17.3 Å². The molecule has 1 unspecified atom stereocenters. The second-order valence-corrected chi connectivity index (χ2v) is 7.47. The van der Waals surface area contributed by atoms with Crippen LogP contribution in [0.25, 0.3) is 10.9 Å². The Kier molecular flexibility index (Phi) is 6.19. The third-order valence-corrected chi connectivity index (χ3v) is 4.88. The number of rotatable bonds is 8. The second-order valence-electron chi connectivity index (χ2n) is 7.47. The number of aryl methyl sites for hydroxylation is 1. The van der Waals surface area contributed by atoms with Gasteiger partial charge in [-0.2, -0.15) is 0 Å². The van der Waals surface area contributed by atoms with E-state index >= 15 is 0 Å². The molecule has 0 saturated heterocycles. The van der Waals surface area contributed by atoms with E-state index in [-0.39, 0.29) is 17.9 Å². The molecule has 148 valence electrons. The predicted molar refractivity (Wildman–Crippen MR) is 111 cm³/mol. The first-order valence-corrected chi connectivity index (χ1v) is 9.70. The minimum absolute atomic E-state index is 0.0243. The summed E-state index contributed by atoms with van der Waals surface area (Å²) >= 11 is 0. The van der Waals surface area contributed by atoms with Gasteiger partial charge in [-0.3, -0.25) is 9.59 Å². The van der Waals surface area contributed by atoms with Crippen LogP contribution in [-0.2, 0) is 11.8 Å². The minimum Gasteiger partial charge on any atom is -0.353 e. The molecule has 0 bridgehead atoms. The number of carbonyl (C=O) groups excluding carboxylic acids is 2. The molecule has 0 spiro atoms. The van der Waals surface area contributed by atoms with Crippen molar-refractivity contribution in [3.8, 4) is 0 Å². The van der Waals surface area contributed by atoms with Gasteiger partial charge in [-0.1, -0.05) is 32.0 Å². The lowest BCUT2D eigenvalue weighted by atomic mass is 10.0. The Hall–Kier alpha value is -3.02. The first kappa shape index (κ1) is 19.7. The monoisotopic (exact) mass is 380 g/mol. The van der Waals surface area contributed by atoms with Crippen molar-refractivity contribution in [1.29, 1.82) is 0 Å². The second kappa shape index (κ2) is 8.78. The highest BCUT2D eigenvalue weighted by molar-refractivity contribution is 5.98. The van der Waals surface area contributed by atoms with Crippen LogP contribution < -0.4 is 10.6 Å². The first-order valence-electron chi connectivity index (χ1n) is 9.70. The summed E-state index contributed by atoms with van der Waals surface area (Å²) in [6, 6.07) is 13.4. The van der Waals surface area contributed by atoms with Crippen LogP contribution in [0.15, 0.2) is 54.9 Å². The van der Waals surface area contributed by atoms with Crippen LogP contribution in [0, 0.1) is 5.92 Å². The van der Waals surface area contributed by atoms with E-state index in [1.165, 1.54) is 0 Å². The number of hydrogen-bond acceptors (Lipinski definition) is 2. The zero-order valence-electron chi connectivity index (χ0n) is 16.7. The van der Waals surface area contributed by atoms with Crippen LogP contribution in [0.2, 0.25) is 0 Å². The summed E-state index contributed by atoms with van der Waals surface area (Å²) in [6.07, 6.45) is 4.59. The molecule has 1 atom stereocenters. The molecule has 1 aromatic carbocycles. The molecular weight excluding hydrogens is 352 g/mol. The molecule has 0 aliphatic carbocycles. The Bertz CT molecular complexity index is 941. The molecule has 0 saturated carbocycles. The van der Waals surface area contributed by atoms with Gasteiger partial charge >= 0.3 is 0 Å². The molecule has 28 heavy (non-hydrogen) atoms. The fraction of sp³-hybridized carbons (Fsp3) is 0.364. The van der Waals surface area contributed by atoms with Gasteiger partial charge < -0.3 is 19.8 Å². The Balaban J connectivity index is 1.53. The lowest BCUT2D eigenvalue weighted by Crippen LogP contribution is -2.38. The smallest absolute Gasteiger partial charge is 0.267 e. The number of fused-ring (bicyclic) bond motifs is 1. The van der Waals surface area contributed by atoms with Crippen LogP contribution in [0.1, 0.15) is 36.8 Å². The lowest BCUT2D eigenvalue weighted by molar-refractivity contribution is -0.124. The summed E-state index contributed by atoms with van der Waals surface area (Å²) in [5.74, 6) is 0.241. The third-order valence-electron chi connectivity index (χ3n) is 4.88. The van der Waals surface area contributed by atoms with Gasteiger partial charge in [0.15, 0.2) is 0 Å². The summed E-state index contributed by atoms with van der Waals surface area (Å²) in [6.45, 7) is 4.98. The SMILES string of the molecule is CC(C)CC(C(=O)NCCNC(=O)c1cc2ccccc2n1C)n1cccc1. The maximum absolute atomic E-state index is 12.6. The average Bonchev–Trinajstić information content (AvgIpc) is 3.31. The van der Waals surface area contributed by atoms with Crippen LogP contribution in [0.4, 0.5) is 0 Å². The molecule has 0 fully saturated rings. The van der Waals surface area contributed by atoms with Gasteiger partial charge in [0.2, 0.25) is 5.91 Å². The van der Waals surface area contributed by atoms with Crippen LogP contribution in [0.5, 0.6) is 0 Å². The number of aromatic nitrogens is 2. The number of carbonyl (C=O) groups is 2. The number of nitrogens with one attached hydrogen (secondary N) is 2. The Morgan fingerprint density at radius 1 is 1.00 bits per heavy atom. The van der Waals surface area contributed by atoms with Gasteiger partial charge in [0.25, 0.3) is 5.91 Å². The highest BCUT2D eigenvalue weighted by atomic mass is 16.2.